The highest BCUT2D eigenvalue weighted by atomic mass is 16.5. The average molecular weight is 351 g/mol. The molecule has 1 aliphatic rings. The van der Waals surface area contributed by atoms with E-state index in [1.165, 1.54) is 5.56 Å². The summed E-state index contributed by atoms with van der Waals surface area (Å²) in [6.45, 7) is 6.65. The SMILES string of the molecule is C=CCc1ccc(OCC(=O)N2CCC(C)c3ccccc32)c(OC)c1. The highest BCUT2D eigenvalue weighted by molar-refractivity contribution is 5.95. The molecule has 1 heterocycles. The Hall–Kier alpha value is -2.75. The van der Waals surface area contributed by atoms with E-state index in [9.17, 15) is 4.79 Å². The van der Waals surface area contributed by atoms with Crippen molar-refractivity contribution in [3.63, 3.8) is 0 Å². The molecule has 0 fully saturated rings. The van der Waals surface area contributed by atoms with Crippen LogP contribution in [0.2, 0.25) is 0 Å². The number of methoxy groups -OCH3 is 1. The lowest BCUT2D eigenvalue weighted by atomic mass is 9.91. The standard InChI is InChI=1S/C22H25NO3/c1-4-7-17-10-11-20(21(14-17)25-3)26-15-22(24)23-13-12-16(2)18-8-5-6-9-19(18)23/h4-6,8-11,14,16H,1,7,12-13,15H2,2-3H3. The van der Waals surface area contributed by atoms with Crippen LogP contribution in [-0.4, -0.2) is 26.2 Å². The van der Waals surface area contributed by atoms with Crippen molar-refractivity contribution >= 4 is 11.6 Å². The molecule has 1 atom stereocenters. The molecule has 0 aliphatic carbocycles. The summed E-state index contributed by atoms with van der Waals surface area (Å²) in [6.07, 6.45) is 3.56. The first-order valence-corrected chi connectivity index (χ1v) is 8.94. The summed E-state index contributed by atoms with van der Waals surface area (Å²) >= 11 is 0. The lowest BCUT2D eigenvalue weighted by Gasteiger charge is -2.32. The summed E-state index contributed by atoms with van der Waals surface area (Å²) in [6, 6.07) is 13.8. The zero-order valence-electron chi connectivity index (χ0n) is 15.4. The van der Waals surface area contributed by atoms with E-state index >= 15 is 0 Å². The summed E-state index contributed by atoms with van der Waals surface area (Å²) < 4.78 is 11.2. The fourth-order valence-electron chi connectivity index (χ4n) is 3.35. The van der Waals surface area contributed by atoms with Crippen LogP contribution in [0.4, 0.5) is 5.69 Å². The van der Waals surface area contributed by atoms with Gasteiger partial charge in [0.2, 0.25) is 0 Å². The maximum absolute atomic E-state index is 12.8. The second-order valence-electron chi connectivity index (χ2n) is 6.56. The third-order valence-electron chi connectivity index (χ3n) is 4.80. The predicted octanol–water partition coefficient (Wildman–Crippen LogP) is 4.34. The van der Waals surface area contributed by atoms with Gasteiger partial charge in [0.05, 0.1) is 7.11 Å². The van der Waals surface area contributed by atoms with E-state index in [0.717, 1.165) is 30.6 Å². The molecule has 0 spiro atoms. The number of nitrogens with zero attached hydrogens (tertiary/aromatic N) is 1. The maximum atomic E-state index is 12.8. The molecule has 1 unspecified atom stereocenters. The molecule has 0 radical (unpaired) electrons. The fourth-order valence-corrected chi connectivity index (χ4v) is 3.35. The van der Waals surface area contributed by atoms with Gasteiger partial charge < -0.3 is 14.4 Å². The van der Waals surface area contributed by atoms with Crippen LogP contribution >= 0.6 is 0 Å². The molecule has 4 nitrogen and oxygen atoms in total. The third-order valence-corrected chi connectivity index (χ3v) is 4.80. The first-order chi connectivity index (χ1) is 12.6. The van der Waals surface area contributed by atoms with Gasteiger partial charge in [-0.25, -0.2) is 0 Å². The van der Waals surface area contributed by atoms with Crippen molar-refractivity contribution in [2.24, 2.45) is 0 Å². The fraction of sp³-hybridized carbons (Fsp3) is 0.318. The highest BCUT2D eigenvalue weighted by Crippen LogP contribution is 2.35. The quantitative estimate of drug-likeness (QED) is 0.727. The van der Waals surface area contributed by atoms with Crippen molar-refractivity contribution in [2.45, 2.75) is 25.7 Å². The molecule has 1 amide bonds. The Morgan fingerprint density at radius 3 is 2.85 bits per heavy atom. The summed E-state index contributed by atoms with van der Waals surface area (Å²) in [5.74, 6) is 1.63. The number of carbonyl (C=O) groups excluding carboxylic acids is 1. The summed E-state index contributed by atoms with van der Waals surface area (Å²) in [7, 11) is 1.60. The predicted molar refractivity (Wildman–Crippen MR) is 104 cm³/mol. The van der Waals surface area contributed by atoms with Gasteiger partial charge in [0.1, 0.15) is 0 Å². The molecular formula is C22H25NO3. The summed E-state index contributed by atoms with van der Waals surface area (Å²) in [5, 5.41) is 0. The molecule has 0 bridgehead atoms. The van der Waals surface area contributed by atoms with Crippen LogP contribution in [-0.2, 0) is 11.2 Å². The summed E-state index contributed by atoms with van der Waals surface area (Å²) in [4.78, 5) is 14.6. The first-order valence-electron chi connectivity index (χ1n) is 8.94. The minimum absolute atomic E-state index is 0.0140. The number of benzene rings is 2. The Labute approximate surface area is 155 Å². The number of allylic oxidation sites excluding steroid dienone is 1. The van der Waals surface area contributed by atoms with Crippen LogP contribution in [0.1, 0.15) is 30.4 Å². The third kappa shape index (κ3) is 3.74. The molecule has 0 saturated carbocycles. The minimum Gasteiger partial charge on any atom is -0.493 e. The Morgan fingerprint density at radius 1 is 1.27 bits per heavy atom. The maximum Gasteiger partial charge on any atom is 0.264 e. The molecule has 1 aliphatic heterocycles. The number of hydrogen-bond donors (Lipinski definition) is 0. The van der Waals surface area contributed by atoms with E-state index in [1.54, 1.807) is 7.11 Å². The van der Waals surface area contributed by atoms with Crippen molar-refractivity contribution in [1.82, 2.24) is 0 Å². The monoisotopic (exact) mass is 351 g/mol. The molecule has 0 N–H and O–H groups in total. The van der Waals surface area contributed by atoms with E-state index in [0.29, 0.717) is 17.4 Å². The number of carbonyl (C=O) groups is 1. The molecule has 0 aromatic heterocycles. The second kappa shape index (κ2) is 8.09. The van der Waals surface area contributed by atoms with Crippen molar-refractivity contribution in [3.8, 4) is 11.5 Å². The zero-order valence-corrected chi connectivity index (χ0v) is 15.4. The Bertz CT molecular complexity index is 800. The molecule has 4 heteroatoms. The first kappa shape index (κ1) is 18.1. The van der Waals surface area contributed by atoms with E-state index in [-0.39, 0.29) is 12.5 Å². The van der Waals surface area contributed by atoms with Crippen molar-refractivity contribution in [2.75, 3.05) is 25.2 Å². The number of hydrogen-bond acceptors (Lipinski definition) is 3. The van der Waals surface area contributed by atoms with Crippen LogP contribution in [0.5, 0.6) is 11.5 Å². The number of para-hydroxylation sites is 1. The topological polar surface area (TPSA) is 38.8 Å². The molecule has 2 aromatic rings. The van der Waals surface area contributed by atoms with Crippen LogP contribution in [0, 0.1) is 0 Å². The zero-order chi connectivity index (χ0) is 18.5. The van der Waals surface area contributed by atoms with Crippen molar-refractivity contribution in [1.29, 1.82) is 0 Å². The average Bonchev–Trinajstić information content (AvgIpc) is 2.67. The van der Waals surface area contributed by atoms with Gasteiger partial charge in [-0.2, -0.15) is 0 Å². The van der Waals surface area contributed by atoms with E-state index < -0.39 is 0 Å². The van der Waals surface area contributed by atoms with Crippen molar-refractivity contribution < 1.29 is 14.3 Å². The molecular weight excluding hydrogens is 326 g/mol. The van der Waals surface area contributed by atoms with E-state index in [4.69, 9.17) is 9.47 Å². The van der Waals surface area contributed by atoms with Crippen molar-refractivity contribution in [3.05, 3.63) is 66.2 Å². The smallest absolute Gasteiger partial charge is 0.264 e. The van der Waals surface area contributed by atoms with Crippen LogP contribution in [0.3, 0.4) is 0 Å². The Kier molecular flexibility index (Phi) is 5.61. The number of ether oxygens (including phenoxy) is 2. The lowest BCUT2D eigenvalue weighted by molar-refractivity contribution is -0.120. The second-order valence-corrected chi connectivity index (χ2v) is 6.56. The largest absolute Gasteiger partial charge is 0.493 e. The number of rotatable bonds is 6. The van der Waals surface area contributed by atoms with Gasteiger partial charge in [-0.15, -0.1) is 6.58 Å². The molecule has 3 rings (SSSR count). The highest BCUT2D eigenvalue weighted by Gasteiger charge is 2.26. The number of anilines is 1. The lowest BCUT2D eigenvalue weighted by Crippen LogP contribution is -2.39. The molecule has 2 aromatic carbocycles. The van der Waals surface area contributed by atoms with Gasteiger partial charge in [-0.05, 0) is 48.1 Å². The van der Waals surface area contributed by atoms with Gasteiger partial charge in [-0.3, -0.25) is 4.79 Å². The normalized spacial score (nSPS) is 15.9. The number of amides is 1. The Morgan fingerprint density at radius 2 is 2.08 bits per heavy atom. The van der Waals surface area contributed by atoms with Gasteiger partial charge in [0.15, 0.2) is 18.1 Å². The van der Waals surface area contributed by atoms with Crippen LogP contribution in [0.15, 0.2) is 55.1 Å². The number of fused-ring (bicyclic) bond motifs is 1. The van der Waals surface area contributed by atoms with Gasteiger partial charge in [0, 0.05) is 12.2 Å². The molecule has 26 heavy (non-hydrogen) atoms. The van der Waals surface area contributed by atoms with E-state index in [1.807, 2.05) is 47.4 Å². The van der Waals surface area contributed by atoms with Crippen LogP contribution in [0.25, 0.3) is 0 Å². The Balaban J connectivity index is 1.72. The molecule has 0 saturated heterocycles. The summed E-state index contributed by atoms with van der Waals surface area (Å²) in [5.41, 5.74) is 3.31. The van der Waals surface area contributed by atoms with Gasteiger partial charge in [-0.1, -0.05) is 37.3 Å². The van der Waals surface area contributed by atoms with Gasteiger partial charge >= 0.3 is 0 Å². The minimum atomic E-state index is -0.0402. The van der Waals surface area contributed by atoms with E-state index in [2.05, 4.69) is 19.6 Å². The van der Waals surface area contributed by atoms with Crippen LogP contribution < -0.4 is 14.4 Å². The van der Waals surface area contributed by atoms with Gasteiger partial charge in [0.25, 0.3) is 5.91 Å². The molecule has 136 valence electrons.